The first-order valence-corrected chi connectivity index (χ1v) is 7.56. The Bertz CT molecular complexity index is 764. The second kappa shape index (κ2) is 8.11. The quantitative estimate of drug-likeness (QED) is 0.543. The van der Waals surface area contributed by atoms with E-state index in [4.69, 9.17) is 4.74 Å². The minimum absolute atomic E-state index is 0.0782. The van der Waals surface area contributed by atoms with Gasteiger partial charge in [0.2, 0.25) is 0 Å². The van der Waals surface area contributed by atoms with Gasteiger partial charge in [0.15, 0.2) is 6.61 Å². The van der Waals surface area contributed by atoms with Gasteiger partial charge in [-0.05, 0) is 30.3 Å². The Labute approximate surface area is 145 Å². The van der Waals surface area contributed by atoms with Crippen LogP contribution in [0, 0.1) is 0 Å². The third kappa shape index (κ3) is 4.82. The number of benzene rings is 2. The fourth-order valence-electron chi connectivity index (χ4n) is 1.70. The summed E-state index contributed by atoms with van der Waals surface area (Å²) >= 11 is 3.16. The lowest BCUT2D eigenvalue weighted by atomic mass is 10.2. The summed E-state index contributed by atoms with van der Waals surface area (Å²) in [7, 11) is 0. The molecule has 0 aliphatic heterocycles. The van der Waals surface area contributed by atoms with Gasteiger partial charge in [-0.1, -0.05) is 34.1 Å². The van der Waals surface area contributed by atoms with Gasteiger partial charge in [-0.2, -0.15) is 0 Å². The zero-order chi connectivity index (χ0) is 17.5. The van der Waals surface area contributed by atoms with Crippen LogP contribution in [-0.4, -0.2) is 29.5 Å². The van der Waals surface area contributed by atoms with Crippen LogP contribution in [0.2, 0.25) is 0 Å². The van der Waals surface area contributed by atoms with Crippen LogP contribution in [0.1, 0.15) is 20.7 Å². The van der Waals surface area contributed by atoms with E-state index in [1.807, 2.05) is 0 Å². The van der Waals surface area contributed by atoms with E-state index in [0.717, 1.165) is 0 Å². The maximum Gasteiger partial charge on any atom is 0.342 e. The normalized spacial score (nSPS) is 9.88. The zero-order valence-corrected chi connectivity index (χ0v) is 13.9. The molecule has 0 aromatic heterocycles. The van der Waals surface area contributed by atoms with Crippen LogP contribution >= 0.6 is 15.9 Å². The molecule has 0 unspecified atom stereocenters. The van der Waals surface area contributed by atoms with E-state index in [2.05, 4.69) is 26.8 Å². The molecule has 2 aromatic rings. The number of halogens is 1. The average Bonchev–Trinajstić information content (AvgIpc) is 2.60. The van der Waals surface area contributed by atoms with Gasteiger partial charge in [0, 0.05) is 10.0 Å². The zero-order valence-electron chi connectivity index (χ0n) is 12.3. The number of esters is 1. The summed E-state index contributed by atoms with van der Waals surface area (Å²) in [4.78, 5) is 35.1. The largest absolute Gasteiger partial charge is 0.507 e. The van der Waals surface area contributed by atoms with Crippen LogP contribution in [0.25, 0.3) is 0 Å². The Kier molecular flexibility index (Phi) is 5.91. The van der Waals surface area contributed by atoms with Gasteiger partial charge in [-0.3, -0.25) is 20.4 Å². The second-order valence-corrected chi connectivity index (χ2v) is 5.52. The number of phenolic OH excluding ortho intramolecular Hbond substituents is 1. The molecular formula is C16H13BrN2O5. The molecule has 7 nitrogen and oxygen atoms in total. The van der Waals surface area contributed by atoms with Crippen molar-refractivity contribution in [1.29, 1.82) is 0 Å². The lowest BCUT2D eigenvalue weighted by molar-refractivity contribution is -0.125. The number of amides is 2. The first kappa shape index (κ1) is 17.5. The molecule has 0 heterocycles. The summed E-state index contributed by atoms with van der Waals surface area (Å²) in [6, 6.07) is 12.5. The van der Waals surface area contributed by atoms with Crippen LogP contribution in [0.3, 0.4) is 0 Å². The molecule has 3 N–H and O–H groups in total. The molecule has 0 aliphatic carbocycles. The number of aromatic hydroxyl groups is 1. The minimum atomic E-state index is -0.863. The molecular weight excluding hydrogens is 380 g/mol. The number of hydrogen-bond donors (Lipinski definition) is 3. The third-order valence-electron chi connectivity index (χ3n) is 2.86. The van der Waals surface area contributed by atoms with E-state index in [9.17, 15) is 19.5 Å². The monoisotopic (exact) mass is 392 g/mol. The van der Waals surface area contributed by atoms with Crippen molar-refractivity contribution < 1.29 is 24.2 Å². The van der Waals surface area contributed by atoms with Crippen molar-refractivity contribution in [1.82, 2.24) is 10.9 Å². The Hall–Kier alpha value is -2.87. The van der Waals surface area contributed by atoms with Crippen LogP contribution in [0.4, 0.5) is 0 Å². The van der Waals surface area contributed by atoms with Crippen molar-refractivity contribution in [3.05, 3.63) is 64.1 Å². The van der Waals surface area contributed by atoms with Crippen molar-refractivity contribution in [3.63, 3.8) is 0 Å². The Balaban J connectivity index is 1.82. The van der Waals surface area contributed by atoms with Crippen LogP contribution in [0.15, 0.2) is 53.0 Å². The molecule has 0 bridgehead atoms. The van der Waals surface area contributed by atoms with Crippen molar-refractivity contribution in [2.24, 2.45) is 0 Å². The maximum atomic E-state index is 11.8. The number of hydrogen-bond acceptors (Lipinski definition) is 5. The number of hydrazine groups is 1. The molecule has 24 heavy (non-hydrogen) atoms. The molecule has 2 aromatic carbocycles. The van der Waals surface area contributed by atoms with Gasteiger partial charge in [0.05, 0.1) is 0 Å². The van der Waals surface area contributed by atoms with E-state index in [1.165, 1.54) is 12.1 Å². The molecule has 0 saturated heterocycles. The predicted octanol–water partition coefficient (Wildman–Crippen LogP) is 1.77. The lowest BCUT2D eigenvalue weighted by Gasteiger charge is -2.09. The number of rotatable bonds is 4. The van der Waals surface area contributed by atoms with Gasteiger partial charge in [0.25, 0.3) is 11.8 Å². The number of ether oxygens (including phenoxy) is 1. The van der Waals surface area contributed by atoms with Crippen LogP contribution in [-0.2, 0) is 9.53 Å². The Morgan fingerprint density at radius 1 is 1.04 bits per heavy atom. The predicted molar refractivity (Wildman–Crippen MR) is 88.1 cm³/mol. The van der Waals surface area contributed by atoms with Crippen LogP contribution < -0.4 is 10.9 Å². The number of phenols is 1. The maximum absolute atomic E-state index is 11.8. The third-order valence-corrected chi connectivity index (χ3v) is 3.36. The Morgan fingerprint density at radius 3 is 2.46 bits per heavy atom. The molecule has 0 atom stereocenters. The molecule has 0 radical (unpaired) electrons. The summed E-state index contributed by atoms with van der Waals surface area (Å²) in [5.74, 6) is -2.35. The van der Waals surface area contributed by atoms with E-state index in [-0.39, 0.29) is 11.3 Å². The van der Waals surface area contributed by atoms with Crippen molar-refractivity contribution >= 4 is 33.7 Å². The lowest BCUT2D eigenvalue weighted by Crippen LogP contribution is -2.43. The number of nitrogens with one attached hydrogen (secondary N) is 2. The smallest absolute Gasteiger partial charge is 0.342 e. The van der Waals surface area contributed by atoms with Gasteiger partial charge in [-0.15, -0.1) is 0 Å². The first-order chi connectivity index (χ1) is 11.5. The summed E-state index contributed by atoms with van der Waals surface area (Å²) in [6.07, 6.45) is 0. The highest BCUT2D eigenvalue weighted by molar-refractivity contribution is 9.10. The van der Waals surface area contributed by atoms with Gasteiger partial charge >= 0.3 is 5.97 Å². The first-order valence-electron chi connectivity index (χ1n) is 6.77. The van der Waals surface area contributed by atoms with Gasteiger partial charge in [-0.25, -0.2) is 4.79 Å². The summed E-state index contributed by atoms with van der Waals surface area (Å²) in [5.41, 5.74) is 4.61. The molecule has 0 spiro atoms. The molecule has 8 heteroatoms. The van der Waals surface area contributed by atoms with Gasteiger partial charge < -0.3 is 9.84 Å². The van der Waals surface area contributed by atoms with E-state index in [0.29, 0.717) is 10.0 Å². The summed E-state index contributed by atoms with van der Waals surface area (Å²) in [6.45, 7) is -0.611. The molecule has 0 aliphatic rings. The summed E-state index contributed by atoms with van der Waals surface area (Å²) < 4.78 is 5.36. The second-order valence-electron chi connectivity index (χ2n) is 4.61. The highest BCUT2D eigenvalue weighted by atomic mass is 79.9. The molecule has 124 valence electrons. The minimum Gasteiger partial charge on any atom is -0.507 e. The Morgan fingerprint density at radius 2 is 1.75 bits per heavy atom. The number of carbonyl (C=O) groups excluding carboxylic acids is 3. The molecule has 0 fully saturated rings. The van der Waals surface area contributed by atoms with E-state index in [1.54, 1.807) is 36.4 Å². The highest BCUT2D eigenvalue weighted by Crippen LogP contribution is 2.22. The van der Waals surface area contributed by atoms with Crippen molar-refractivity contribution in [2.75, 3.05) is 6.61 Å². The van der Waals surface area contributed by atoms with Crippen LogP contribution in [0.5, 0.6) is 5.75 Å². The SMILES string of the molecule is O=C(COC(=O)c1cc(Br)ccc1O)NNC(=O)c1ccccc1. The molecule has 2 rings (SSSR count). The highest BCUT2D eigenvalue weighted by Gasteiger charge is 2.15. The fraction of sp³-hybridized carbons (Fsp3) is 0.0625. The van der Waals surface area contributed by atoms with Gasteiger partial charge in [0.1, 0.15) is 11.3 Å². The average molecular weight is 393 g/mol. The fourth-order valence-corrected chi connectivity index (χ4v) is 2.07. The van der Waals surface area contributed by atoms with E-state index < -0.39 is 24.4 Å². The van der Waals surface area contributed by atoms with Crippen molar-refractivity contribution in [3.8, 4) is 5.75 Å². The molecule has 2 amide bonds. The standard InChI is InChI=1S/C16H13BrN2O5/c17-11-6-7-13(20)12(8-11)16(23)24-9-14(21)18-19-15(22)10-4-2-1-3-5-10/h1-8,20H,9H2,(H,18,21)(H,19,22). The molecule has 0 saturated carbocycles. The topological polar surface area (TPSA) is 105 Å². The van der Waals surface area contributed by atoms with E-state index >= 15 is 0 Å². The van der Waals surface area contributed by atoms with Crippen molar-refractivity contribution in [2.45, 2.75) is 0 Å². The summed E-state index contributed by atoms with van der Waals surface area (Å²) in [5, 5.41) is 9.59. The number of carbonyl (C=O) groups is 3.